The van der Waals surface area contributed by atoms with Gasteiger partial charge >= 0.3 is 0 Å². The van der Waals surface area contributed by atoms with Gasteiger partial charge in [-0.1, -0.05) is 50.1 Å². The largest absolute Gasteiger partial charge is 0.449 e. The molecule has 34 heavy (non-hydrogen) atoms. The number of nitrogens with one attached hydrogen (secondary N) is 1. The van der Waals surface area contributed by atoms with Gasteiger partial charge in [0.2, 0.25) is 0 Å². The van der Waals surface area contributed by atoms with Gasteiger partial charge in [0, 0.05) is 18.2 Å². The summed E-state index contributed by atoms with van der Waals surface area (Å²) in [6.07, 6.45) is 6.36. The fraction of sp³-hybridized carbons (Fsp3) is 0.286. The lowest BCUT2D eigenvalue weighted by molar-refractivity contribution is 0.0924. The summed E-state index contributed by atoms with van der Waals surface area (Å²) in [7, 11) is 0. The minimum Gasteiger partial charge on any atom is -0.449 e. The van der Waals surface area contributed by atoms with Crippen molar-refractivity contribution in [3.63, 3.8) is 0 Å². The van der Waals surface area contributed by atoms with Crippen LogP contribution in [0, 0.1) is 5.82 Å². The van der Waals surface area contributed by atoms with Crippen molar-refractivity contribution in [3.8, 4) is 22.7 Å². The Kier molecular flexibility index (Phi) is 6.30. The van der Waals surface area contributed by atoms with Crippen LogP contribution in [0.2, 0.25) is 0 Å². The first-order valence-corrected chi connectivity index (χ1v) is 11.9. The van der Waals surface area contributed by atoms with Gasteiger partial charge in [0.05, 0.1) is 12.0 Å². The SMILES string of the molecule is C[C@H](CNC(=O)c1ccc(-c2c(-c3ccc(F)cc3)ncn2C2CCCC2)o1)c1ccccc1. The molecule has 0 radical (unpaired) electrons. The van der Waals surface area contributed by atoms with Crippen LogP contribution in [-0.2, 0) is 0 Å². The van der Waals surface area contributed by atoms with Crippen molar-refractivity contribution in [2.75, 3.05) is 6.54 Å². The zero-order valence-electron chi connectivity index (χ0n) is 19.2. The molecule has 4 aromatic rings. The lowest BCUT2D eigenvalue weighted by Gasteiger charge is -2.15. The molecule has 1 atom stereocenters. The van der Waals surface area contributed by atoms with Crippen molar-refractivity contribution in [1.29, 1.82) is 0 Å². The van der Waals surface area contributed by atoms with E-state index in [-0.39, 0.29) is 23.4 Å². The minimum absolute atomic E-state index is 0.188. The Hall–Kier alpha value is -3.67. The third-order valence-corrected chi connectivity index (χ3v) is 6.63. The Morgan fingerprint density at radius 1 is 1.09 bits per heavy atom. The number of imidazole rings is 1. The quantitative estimate of drug-likeness (QED) is 0.340. The van der Waals surface area contributed by atoms with Crippen LogP contribution in [-0.4, -0.2) is 22.0 Å². The summed E-state index contributed by atoms with van der Waals surface area (Å²) in [5.41, 5.74) is 3.54. The monoisotopic (exact) mass is 457 g/mol. The third-order valence-electron chi connectivity index (χ3n) is 6.63. The highest BCUT2D eigenvalue weighted by atomic mass is 19.1. The van der Waals surface area contributed by atoms with Crippen LogP contribution < -0.4 is 5.32 Å². The van der Waals surface area contributed by atoms with Gasteiger partial charge in [-0.3, -0.25) is 4.79 Å². The summed E-state index contributed by atoms with van der Waals surface area (Å²) >= 11 is 0. The van der Waals surface area contributed by atoms with E-state index in [0.717, 1.165) is 29.8 Å². The zero-order chi connectivity index (χ0) is 23.5. The van der Waals surface area contributed by atoms with Crippen LogP contribution >= 0.6 is 0 Å². The van der Waals surface area contributed by atoms with Gasteiger partial charge in [-0.05, 0) is 60.7 Å². The fourth-order valence-corrected chi connectivity index (χ4v) is 4.70. The predicted octanol–water partition coefficient (Wildman–Crippen LogP) is 6.60. The van der Waals surface area contributed by atoms with Crippen LogP contribution in [0.3, 0.4) is 0 Å². The molecule has 1 N–H and O–H groups in total. The molecule has 1 aliphatic rings. The van der Waals surface area contributed by atoms with Gasteiger partial charge in [0.15, 0.2) is 11.5 Å². The van der Waals surface area contributed by atoms with Crippen molar-refractivity contribution < 1.29 is 13.6 Å². The summed E-state index contributed by atoms with van der Waals surface area (Å²) in [6.45, 7) is 2.60. The maximum atomic E-state index is 13.5. The third kappa shape index (κ3) is 4.53. The lowest BCUT2D eigenvalue weighted by atomic mass is 10.0. The normalized spacial score (nSPS) is 14.9. The number of hydrogen-bond donors (Lipinski definition) is 1. The molecule has 0 saturated heterocycles. The van der Waals surface area contributed by atoms with E-state index in [1.807, 2.05) is 30.6 Å². The number of hydrogen-bond acceptors (Lipinski definition) is 3. The lowest BCUT2D eigenvalue weighted by Crippen LogP contribution is -2.27. The molecule has 2 heterocycles. The first kappa shape index (κ1) is 22.1. The topological polar surface area (TPSA) is 60.1 Å². The van der Waals surface area contributed by atoms with Crippen LogP contribution in [0.4, 0.5) is 4.39 Å². The van der Waals surface area contributed by atoms with E-state index >= 15 is 0 Å². The second-order valence-corrected chi connectivity index (χ2v) is 8.98. The highest BCUT2D eigenvalue weighted by Gasteiger charge is 2.26. The Bertz CT molecular complexity index is 1250. The molecule has 1 aliphatic carbocycles. The van der Waals surface area contributed by atoms with Gasteiger partial charge in [0.1, 0.15) is 11.5 Å². The van der Waals surface area contributed by atoms with Crippen molar-refractivity contribution in [3.05, 3.63) is 90.2 Å². The first-order chi connectivity index (χ1) is 16.6. The number of amides is 1. The smallest absolute Gasteiger partial charge is 0.287 e. The molecule has 0 unspecified atom stereocenters. The molecule has 2 aromatic heterocycles. The maximum absolute atomic E-state index is 13.5. The van der Waals surface area contributed by atoms with Crippen molar-refractivity contribution in [2.24, 2.45) is 0 Å². The van der Waals surface area contributed by atoms with Gasteiger partial charge < -0.3 is 14.3 Å². The molecule has 0 bridgehead atoms. The summed E-state index contributed by atoms with van der Waals surface area (Å²) < 4.78 is 21.7. The molecular formula is C28H28FN3O2. The molecule has 5 nitrogen and oxygen atoms in total. The van der Waals surface area contributed by atoms with E-state index in [9.17, 15) is 9.18 Å². The van der Waals surface area contributed by atoms with Gasteiger partial charge in [-0.15, -0.1) is 0 Å². The summed E-state index contributed by atoms with van der Waals surface area (Å²) in [5.74, 6) is 0.504. The molecule has 5 rings (SSSR count). The van der Waals surface area contributed by atoms with E-state index in [1.165, 1.54) is 30.5 Å². The number of carbonyl (C=O) groups is 1. The highest BCUT2D eigenvalue weighted by molar-refractivity contribution is 5.92. The zero-order valence-corrected chi connectivity index (χ0v) is 19.2. The summed E-state index contributed by atoms with van der Waals surface area (Å²) in [4.78, 5) is 17.5. The number of aromatic nitrogens is 2. The Labute approximate surface area is 198 Å². The predicted molar refractivity (Wildman–Crippen MR) is 130 cm³/mol. The Balaban J connectivity index is 1.40. The van der Waals surface area contributed by atoms with Crippen molar-refractivity contribution in [1.82, 2.24) is 14.9 Å². The second kappa shape index (κ2) is 9.67. The van der Waals surface area contributed by atoms with E-state index in [2.05, 4.69) is 33.9 Å². The van der Waals surface area contributed by atoms with E-state index in [0.29, 0.717) is 18.3 Å². The molecule has 0 spiro atoms. The van der Waals surface area contributed by atoms with Crippen LogP contribution in [0.15, 0.2) is 77.5 Å². The Morgan fingerprint density at radius 2 is 1.82 bits per heavy atom. The molecule has 174 valence electrons. The highest BCUT2D eigenvalue weighted by Crippen LogP contribution is 2.39. The van der Waals surface area contributed by atoms with Crippen LogP contribution in [0.25, 0.3) is 22.7 Å². The van der Waals surface area contributed by atoms with E-state index in [4.69, 9.17) is 4.42 Å². The van der Waals surface area contributed by atoms with Crippen molar-refractivity contribution >= 4 is 5.91 Å². The maximum Gasteiger partial charge on any atom is 0.287 e. The molecule has 1 amide bonds. The molecule has 2 aromatic carbocycles. The van der Waals surface area contributed by atoms with E-state index in [1.54, 1.807) is 18.2 Å². The van der Waals surface area contributed by atoms with Crippen LogP contribution in [0.5, 0.6) is 0 Å². The standard InChI is InChI=1S/C28H28FN3O2/c1-19(20-7-3-2-4-8-20)17-30-28(33)25-16-15-24(34-25)27-26(21-11-13-22(29)14-12-21)31-18-32(27)23-9-5-6-10-23/h2-4,7-8,11-16,18-19,23H,5-6,9-10,17H2,1H3,(H,30,33)/t19-/m1/s1. The number of furan rings is 1. The second-order valence-electron chi connectivity index (χ2n) is 8.98. The number of halogens is 1. The van der Waals surface area contributed by atoms with Gasteiger partial charge in [-0.25, -0.2) is 9.37 Å². The number of nitrogens with zero attached hydrogens (tertiary/aromatic N) is 2. The molecule has 1 saturated carbocycles. The number of benzene rings is 2. The first-order valence-electron chi connectivity index (χ1n) is 11.9. The van der Waals surface area contributed by atoms with Gasteiger partial charge in [0.25, 0.3) is 5.91 Å². The summed E-state index contributed by atoms with van der Waals surface area (Å²) in [5, 5.41) is 2.98. The summed E-state index contributed by atoms with van der Waals surface area (Å²) in [6, 6.07) is 20.3. The van der Waals surface area contributed by atoms with E-state index < -0.39 is 0 Å². The number of rotatable bonds is 7. The molecule has 1 fully saturated rings. The molecular weight excluding hydrogens is 429 g/mol. The minimum atomic E-state index is -0.290. The van der Waals surface area contributed by atoms with Crippen LogP contribution in [0.1, 0.15) is 60.7 Å². The van der Waals surface area contributed by atoms with Gasteiger partial charge in [-0.2, -0.15) is 0 Å². The Morgan fingerprint density at radius 3 is 2.56 bits per heavy atom. The average molecular weight is 458 g/mol. The van der Waals surface area contributed by atoms with Crippen molar-refractivity contribution in [2.45, 2.75) is 44.6 Å². The molecule has 0 aliphatic heterocycles. The number of carbonyl (C=O) groups excluding carboxylic acids is 1. The molecule has 6 heteroatoms. The fourth-order valence-electron chi connectivity index (χ4n) is 4.70. The average Bonchev–Trinajstić information content (AvgIpc) is 3.63.